The molecule has 0 saturated carbocycles. The minimum absolute atomic E-state index is 0.909. The van der Waals surface area contributed by atoms with Gasteiger partial charge in [-0.2, -0.15) is 0 Å². The number of nitrogens with zero attached hydrogens (tertiary/aromatic N) is 2. The lowest BCUT2D eigenvalue weighted by Crippen LogP contribution is -1.95. The number of furan rings is 1. The highest BCUT2D eigenvalue weighted by atomic mass is 32.1. The van der Waals surface area contributed by atoms with E-state index in [4.69, 9.17) is 4.42 Å². The Bertz CT molecular complexity index is 3770. The quantitative estimate of drug-likeness (QED) is 0.177. The lowest BCUT2D eigenvalue weighted by atomic mass is 9.99. The molecule has 4 aromatic heterocycles. The van der Waals surface area contributed by atoms with Crippen molar-refractivity contribution in [2.45, 2.75) is 0 Å². The Kier molecular flexibility index (Phi) is 6.04. The molecule has 56 heavy (non-hydrogen) atoms. The molecule has 0 amide bonds. The van der Waals surface area contributed by atoms with E-state index < -0.39 is 0 Å². The minimum atomic E-state index is 0.909. The molecule has 0 spiro atoms. The summed E-state index contributed by atoms with van der Waals surface area (Å²) < 4.78 is 14.3. The Hall–Kier alpha value is -7.14. The summed E-state index contributed by atoms with van der Waals surface area (Å²) in [6.45, 7) is 0. The average Bonchev–Trinajstić information content (AvgIpc) is 4.01. The highest BCUT2D eigenvalue weighted by Gasteiger charge is 2.23. The Labute approximate surface area is 324 Å². The molecule has 13 aromatic rings. The van der Waals surface area contributed by atoms with E-state index in [0.29, 0.717) is 0 Å². The van der Waals surface area contributed by atoms with Crippen LogP contribution in [0, 0.1) is 0 Å². The molecule has 3 nitrogen and oxygen atoms in total. The van der Waals surface area contributed by atoms with Gasteiger partial charge in [0.1, 0.15) is 5.58 Å². The third-order valence-corrected chi connectivity index (χ3v) is 13.1. The fraction of sp³-hybridized carbons (Fsp3) is 0. The molecule has 0 atom stereocenters. The first-order chi connectivity index (χ1) is 27.8. The molecule has 0 aliphatic rings. The number of para-hydroxylation sites is 3. The summed E-state index contributed by atoms with van der Waals surface area (Å²) in [4.78, 5) is 0. The van der Waals surface area contributed by atoms with Crippen molar-refractivity contribution in [2.24, 2.45) is 0 Å². The Morgan fingerprint density at radius 1 is 0.393 bits per heavy atom. The number of fused-ring (bicyclic) bond motifs is 15. The molecule has 0 aliphatic heterocycles. The van der Waals surface area contributed by atoms with Gasteiger partial charge in [0.15, 0.2) is 5.58 Å². The molecule has 9 aromatic carbocycles. The van der Waals surface area contributed by atoms with Crippen LogP contribution in [0.5, 0.6) is 0 Å². The van der Waals surface area contributed by atoms with Crippen molar-refractivity contribution in [3.05, 3.63) is 182 Å². The summed E-state index contributed by atoms with van der Waals surface area (Å²) in [6.07, 6.45) is 0. The smallest absolute Gasteiger partial charge is 0.160 e. The molecule has 4 heterocycles. The molecule has 13 rings (SSSR count). The van der Waals surface area contributed by atoms with E-state index in [2.05, 4.69) is 191 Å². The number of benzene rings is 9. The second kappa shape index (κ2) is 11.2. The largest absolute Gasteiger partial charge is 0.454 e. The van der Waals surface area contributed by atoms with Crippen LogP contribution in [0.4, 0.5) is 0 Å². The van der Waals surface area contributed by atoms with Gasteiger partial charge in [-0.05, 0) is 88.6 Å². The van der Waals surface area contributed by atoms with Crippen LogP contribution in [0.25, 0.3) is 119 Å². The van der Waals surface area contributed by atoms with Gasteiger partial charge in [0, 0.05) is 58.2 Å². The summed E-state index contributed by atoms with van der Waals surface area (Å²) in [7, 11) is 0. The predicted molar refractivity (Wildman–Crippen MR) is 238 cm³/mol. The van der Waals surface area contributed by atoms with Crippen LogP contribution in [0.3, 0.4) is 0 Å². The highest BCUT2D eigenvalue weighted by Crippen LogP contribution is 2.47. The van der Waals surface area contributed by atoms with Gasteiger partial charge in [0.2, 0.25) is 0 Å². The molecule has 0 radical (unpaired) electrons. The fourth-order valence-corrected chi connectivity index (χ4v) is 10.7. The average molecular weight is 731 g/mol. The van der Waals surface area contributed by atoms with Crippen molar-refractivity contribution >= 4 is 108 Å². The molecule has 0 fully saturated rings. The maximum absolute atomic E-state index is 6.88. The molecular formula is C52H30N2OS. The Morgan fingerprint density at radius 3 is 1.89 bits per heavy atom. The van der Waals surface area contributed by atoms with Crippen LogP contribution in [-0.4, -0.2) is 9.13 Å². The Balaban J connectivity index is 1.12. The predicted octanol–water partition coefficient (Wildman–Crippen LogP) is 15.0. The zero-order chi connectivity index (χ0) is 36.5. The number of aromatic nitrogens is 2. The summed E-state index contributed by atoms with van der Waals surface area (Å²) in [5.41, 5.74) is 11.2. The highest BCUT2D eigenvalue weighted by molar-refractivity contribution is 7.26. The van der Waals surface area contributed by atoms with Crippen LogP contribution >= 0.6 is 11.3 Å². The van der Waals surface area contributed by atoms with Gasteiger partial charge >= 0.3 is 0 Å². The number of hydrogen-bond acceptors (Lipinski definition) is 2. The minimum Gasteiger partial charge on any atom is -0.454 e. The van der Waals surface area contributed by atoms with E-state index in [-0.39, 0.29) is 0 Å². The van der Waals surface area contributed by atoms with Crippen molar-refractivity contribution in [3.8, 4) is 22.5 Å². The number of rotatable bonds is 3. The lowest BCUT2D eigenvalue weighted by Gasteiger charge is -2.11. The van der Waals surface area contributed by atoms with E-state index in [0.717, 1.165) is 33.3 Å². The lowest BCUT2D eigenvalue weighted by molar-refractivity contribution is 0.666. The Morgan fingerprint density at radius 2 is 1.04 bits per heavy atom. The van der Waals surface area contributed by atoms with Crippen LogP contribution in [0.1, 0.15) is 0 Å². The normalized spacial score (nSPS) is 12.3. The first-order valence-electron chi connectivity index (χ1n) is 19.1. The van der Waals surface area contributed by atoms with Crippen LogP contribution in [0.15, 0.2) is 186 Å². The van der Waals surface area contributed by atoms with Gasteiger partial charge in [0.25, 0.3) is 0 Å². The van der Waals surface area contributed by atoms with Gasteiger partial charge in [-0.25, -0.2) is 0 Å². The topological polar surface area (TPSA) is 23.0 Å². The maximum Gasteiger partial charge on any atom is 0.160 e. The van der Waals surface area contributed by atoms with Crippen molar-refractivity contribution < 1.29 is 4.42 Å². The molecule has 4 heteroatoms. The van der Waals surface area contributed by atoms with Crippen molar-refractivity contribution in [2.75, 3.05) is 0 Å². The van der Waals surface area contributed by atoms with E-state index in [1.165, 1.54) is 85.7 Å². The maximum atomic E-state index is 6.88. The molecule has 0 unspecified atom stereocenters. The summed E-state index contributed by atoms with van der Waals surface area (Å²) in [5.74, 6) is 0. The van der Waals surface area contributed by atoms with Gasteiger partial charge < -0.3 is 13.6 Å². The molecule has 0 saturated heterocycles. The number of hydrogen-bond donors (Lipinski definition) is 0. The molecule has 260 valence electrons. The summed E-state index contributed by atoms with van der Waals surface area (Å²) in [5, 5.41) is 12.3. The summed E-state index contributed by atoms with van der Waals surface area (Å²) in [6, 6.07) is 66.4. The van der Waals surface area contributed by atoms with E-state index in [1.807, 2.05) is 11.3 Å². The fourth-order valence-electron chi connectivity index (χ4n) is 9.45. The monoisotopic (exact) mass is 730 g/mol. The third kappa shape index (κ3) is 4.06. The molecular weight excluding hydrogens is 701 g/mol. The van der Waals surface area contributed by atoms with Gasteiger partial charge in [-0.3, -0.25) is 0 Å². The van der Waals surface area contributed by atoms with Crippen molar-refractivity contribution in [1.29, 1.82) is 0 Å². The van der Waals surface area contributed by atoms with E-state index in [9.17, 15) is 0 Å². The van der Waals surface area contributed by atoms with E-state index in [1.54, 1.807) is 0 Å². The van der Waals surface area contributed by atoms with E-state index >= 15 is 0 Å². The zero-order valence-corrected chi connectivity index (χ0v) is 30.8. The zero-order valence-electron chi connectivity index (χ0n) is 30.0. The second-order valence-corrected chi connectivity index (χ2v) is 15.9. The van der Waals surface area contributed by atoms with Crippen molar-refractivity contribution in [3.63, 3.8) is 0 Å². The van der Waals surface area contributed by atoms with Gasteiger partial charge in [-0.1, -0.05) is 115 Å². The van der Waals surface area contributed by atoms with Crippen LogP contribution in [0.2, 0.25) is 0 Å². The molecule has 0 aliphatic carbocycles. The first kappa shape index (κ1) is 30.2. The third-order valence-electron chi connectivity index (χ3n) is 11.9. The number of thiophene rings is 1. The molecule has 0 N–H and O–H groups in total. The SMILES string of the molecule is c1ccc(-n2c3ccccc3c3cc(-c4ccc5c(c4)c4c6ccccc6ccc4n5-c4cc5c6ccccc6sc5c5c4oc4ccccc45)ccc32)cc1. The van der Waals surface area contributed by atoms with Crippen molar-refractivity contribution in [1.82, 2.24) is 9.13 Å². The van der Waals surface area contributed by atoms with Gasteiger partial charge in [0.05, 0.1) is 27.8 Å². The van der Waals surface area contributed by atoms with Gasteiger partial charge in [-0.15, -0.1) is 11.3 Å². The molecule has 0 bridgehead atoms. The van der Waals surface area contributed by atoms with Crippen LogP contribution in [-0.2, 0) is 0 Å². The standard InChI is InChI=1S/C52H30N2OS/c1-2-13-34(14-3-1)53-42-19-9-6-16-36(42)39-28-32(23-25-43(39)53)33-24-26-44-41(29-33)49-35-15-5-4-12-31(35)22-27-45(49)54(44)46-30-40-37-17-8-11-21-48(37)56-52(40)50-38-18-7-10-20-47(38)55-51(46)50/h1-30H. The first-order valence-corrected chi connectivity index (χ1v) is 19.9. The summed E-state index contributed by atoms with van der Waals surface area (Å²) >= 11 is 1.86. The van der Waals surface area contributed by atoms with Crippen LogP contribution < -0.4 is 0 Å². The second-order valence-electron chi connectivity index (χ2n) is 14.8.